The maximum Gasteiger partial charge on any atom is 0.332 e. The second-order valence-corrected chi connectivity index (χ2v) is 10.9. The Morgan fingerprint density at radius 2 is 1.65 bits per heavy atom. The van der Waals surface area contributed by atoms with Crippen LogP contribution >= 0.6 is 0 Å². The van der Waals surface area contributed by atoms with Crippen LogP contribution < -0.4 is 5.32 Å². The molecule has 2 fully saturated rings. The number of hydrogen-bond donors (Lipinski definition) is 3. The van der Waals surface area contributed by atoms with Crippen molar-refractivity contribution in [2.24, 2.45) is 0 Å². The molecule has 0 unspecified atom stereocenters. The third kappa shape index (κ3) is 5.56. The maximum absolute atomic E-state index is 14.1. The normalized spacial score (nSPS) is 18.6. The smallest absolute Gasteiger partial charge is 0.332 e. The molecule has 4 aromatic rings. The van der Waals surface area contributed by atoms with Gasteiger partial charge in [-0.05, 0) is 39.6 Å². The number of nitrogens with zero attached hydrogens (tertiary/aromatic N) is 4. The summed E-state index contributed by atoms with van der Waals surface area (Å²) < 4.78 is 0. The molecule has 2 aliphatic rings. The summed E-state index contributed by atoms with van der Waals surface area (Å²) in [6.45, 7) is 0.806. The van der Waals surface area contributed by atoms with Gasteiger partial charge in [-0.1, -0.05) is 78.9 Å². The summed E-state index contributed by atoms with van der Waals surface area (Å²) in [6.07, 6.45) is -0.443. The first kappa shape index (κ1) is 28.0. The molecule has 10 nitrogen and oxygen atoms in total. The Balaban J connectivity index is 1.30. The van der Waals surface area contributed by atoms with E-state index in [1.165, 1.54) is 17.1 Å². The van der Waals surface area contributed by atoms with Crippen LogP contribution in [0, 0.1) is 0 Å². The molecule has 0 radical (unpaired) electrons. The lowest BCUT2D eigenvalue weighted by atomic mass is 9.98. The molecular weight excluding hydrogens is 546 g/mol. The Morgan fingerprint density at radius 1 is 0.907 bits per heavy atom. The van der Waals surface area contributed by atoms with Gasteiger partial charge >= 0.3 is 6.03 Å². The van der Waals surface area contributed by atoms with Gasteiger partial charge in [0, 0.05) is 26.6 Å². The van der Waals surface area contributed by atoms with Crippen LogP contribution in [0.25, 0.3) is 10.8 Å². The highest BCUT2D eigenvalue weighted by Crippen LogP contribution is 2.32. The molecule has 2 atom stereocenters. The van der Waals surface area contributed by atoms with Gasteiger partial charge in [0.1, 0.15) is 12.2 Å². The molecule has 220 valence electrons. The Morgan fingerprint density at radius 3 is 2.44 bits per heavy atom. The second-order valence-electron chi connectivity index (χ2n) is 10.9. The van der Waals surface area contributed by atoms with Gasteiger partial charge in [0.25, 0.3) is 0 Å². The SMILES string of the molecule is CN(C(=O)NCc1ccccc1)N1CC(=O)N2[C@@H](Cc3ccc(O)c(O)c3)C(=O)N(Cc3cccc4ccccc34)C[C@@H]21. The van der Waals surface area contributed by atoms with E-state index in [4.69, 9.17) is 0 Å². The molecule has 0 aromatic heterocycles. The van der Waals surface area contributed by atoms with Crippen LogP contribution in [0.2, 0.25) is 0 Å². The number of hydrazine groups is 1. The van der Waals surface area contributed by atoms with E-state index >= 15 is 0 Å². The molecule has 3 N–H and O–H groups in total. The number of rotatable bonds is 7. The van der Waals surface area contributed by atoms with Gasteiger partial charge in [-0.3, -0.25) is 14.6 Å². The van der Waals surface area contributed by atoms with Crippen LogP contribution in [0.3, 0.4) is 0 Å². The second kappa shape index (κ2) is 11.7. The highest BCUT2D eigenvalue weighted by molar-refractivity contribution is 5.92. The third-order valence-electron chi connectivity index (χ3n) is 8.24. The minimum Gasteiger partial charge on any atom is -0.504 e. The lowest BCUT2D eigenvalue weighted by Gasteiger charge is -2.46. The molecule has 0 aliphatic carbocycles. The Labute approximate surface area is 249 Å². The quantitative estimate of drug-likeness (QED) is 0.289. The van der Waals surface area contributed by atoms with E-state index in [2.05, 4.69) is 5.32 Å². The summed E-state index contributed by atoms with van der Waals surface area (Å²) in [7, 11) is 1.62. The summed E-state index contributed by atoms with van der Waals surface area (Å²) >= 11 is 0. The zero-order valence-corrected chi connectivity index (χ0v) is 23.8. The van der Waals surface area contributed by atoms with Crippen LogP contribution in [0.1, 0.15) is 16.7 Å². The molecule has 2 heterocycles. The average Bonchev–Trinajstić information content (AvgIpc) is 3.35. The minimum absolute atomic E-state index is 0.0629. The molecule has 10 heteroatoms. The van der Waals surface area contributed by atoms with E-state index in [1.54, 1.807) is 27.9 Å². The number of piperazine rings is 1. The van der Waals surface area contributed by atoms with E-state index < -0.39 is 12.2 Å². The fourth-order valence-electron chi connectivity index (χ4n) is 6.01. The van der Waals surface area contributed by atoms with Gasteiger partial charge in [-0.2, -0.15) is 5.01 Å². The van der Waals surface area contributed by atoms with Crippen molar-refractivity contribution < 1.29 is 24.6 Å². The van der Waals surface area contributed by atoms with E-state index in [1.807, 2.05) is 72.8 Å². The fraction of sp³-hybridized carbons (Fsp3) is 0.242. The van der Waals surface area contributed by atoms with Crippen LogP contribution in [0.15, 0.2) is 91.0 Å². The number of phenols is 2. The number of amides is 4. The maximum atomic E-state index is 14.1. The molecule has 2 saturated heterocycles. The van der Waals surface area contributed by atoms with E-state index in [9.17, 15) is 24.6 Å². The van der Waals surface area contributed by atoms with Crippen LogP contribution in [-0.4, -0.2) is 80.2 Å². The van der Waals surface area contributed by atoms with Crippen molar-refractivity contribution in [1.82, 2.24) is 25.1 Å². The molecule has 0 saturated carbocycles. The Bertz CT molecular complexity index is 1670. The van der Waals surface area contributed by atoms with Gasteiger partial charge in [-0.15, -0.1) is 0 Å². The first-order chi connectivity index (χ1) is 20.8. The van der Waals surface area contributed by atoms with Crippen molar-refractivity contribution in [1.29, 1.82) is 0 Å². The molecule has 2 aliphatic heterocycles. The van der Waals surface area contributed by atoms with E-state index in [0.717, 1.165) is 21.9 Å². The number of fused-ring (bicyclic) bond motifs is 2. The number of nitrogens with one attached hydrogen (secondary N) is 1. The largest absolute Gasteiger partial charge is 0.504 e. The summed E-state index contributed by atoms with van der Waals surface area (Å²) in [5, 5.41) is 28.1. The Hall–Kier alpha value is -5.09. The topological polar surface area (TPSA) is 117 Å². The van der Waals surface area contributed by atoms with Gasteiger partial charge in [-0.25, -0.2) is 4.79 Å². The van der Waals surface area contributed by atoms with Crippen LogP contribution in [-0.2, 0) is 29.1 Å². The summed E-state index contributed by atoms with van der Waals surface area (Å²) in [5.74, 6) is -1.04. The number of urea groups is 1. The summed E-state index contributed by atoms with van der Waals surface area (Å²) in [6, 6.07) is 26.7. The number of aromatic hydroxyl groups is 2. The Kier molecular flexibility index (Phi) is 7.60. The number of benzene rings is 4. The number of hydrogen-bond acceptors (Lipinski definition) is 6. The van der Waals surface area contributed by atoms with Crippen molar-refractivity contribution in [3.8, 4) is 11.5 Å². The van der Waals surface area contributed by atoms with Gasteiger partial charge in [0.2, 0.25) is 11.8 Å². The molecule has 4 amide bonds. The van der Waals surface area contributed by atoms with E-state index in [-0.39, 0.29) is 48.9 Å². The monoisotopic (exact) mass is 579 g/mol. The number of carbonyl (C=O) groups is 3. The van der Waals surface area contributed by atoms with Crippen molar-refractivity contribution in [2.75, 3.05) is 20.1 Å². The van der Waals surface area contributed by atoms with Crippen LogP contribution in [0.4, 0.5) is 4.79 Å². The zero-order valence-electron chi connectivity index (χ0n) is 23.8. The van der Waals surface area contributed by atoms with Gasteiger partial charge < -0.3 is 25.3 Å². The predicted molar refractivity (Wildman–Crippen MR) is 160 cm³/mol. The zero-order chi connectivity index (χ0) is 30.1. The number of carbonyl (C=O) groups excluding carboxylic acids is 3. The molecular formula is C33H33N5O5. The number of phenolic OH excluding ortho intramolecular Hbond substituents is 2. The third-order valence-corrected chi connectivity index (χ3v) is 8.24. The first-order valence-electron chi connectivity index (χ1n) is 14.2. The van der Waals surface area contributed by atoms with Gasteiger partial charge in [0.05, 0.1) is 13.1 Å². The lowest BCUT2D eigenvalue weighted by Crippen LogP contribution is -2.65. The molecule has 4 aromatic carbocycles. The lowest BCUT2D eigenvalue weighted by molar-refractivity contribution is -0.157. The highest BCUT2D eigenvalue weighted by Gasteiger charge is 2.51. The fourth-order valence-corrected chi connectivity index (χ4v) is 6.01. The molecule has 43 heavy (non-hydrogen) atoms. The molecule has 0 bridgehead atoms. The summed E-state index contributed by atoms with van der Waals surface area (Å²) in [5.41, 5.74) is 2.52. The van der Waals surface area contributed by atoms with Crippen molar-refractivity contribution in [3.63, 3.8) is 0 Å². The first-order valence-corrected chi connectivity index (χ1v) is 14.2. The molecule has 6 rings (SSSR count). The van der Waals surface area contributed by atoms with Crippen molar-refractivity contribution in [3.05, 3.63) is 108 Å². The highest BCUT2D eigenvalue weighted by atomic mass is 16.3. The average molecular weight is 580 g/mol. The van der Waals surface area contributed by atoms with Gasteiger partial charge in [0.15, 0.2) is 11.5 Å². The molecule has 0 spiro atoms. The standard InChI is InChI=1S/C33H33N5O5/c1-35(33(43)34-18-22-8-3-2-4-9-22)37-21-31(41)38-27(16-23-14-15-28(39)29(40)17-23)32(42)36(20-30(37)38)19-25-12-7-11-24-10-5-6-13-26(24)25/h2-15,17,27,30,39-40H,16,18-21H2,1H3,(H,34,43)/t27-,30+/m0/s1. The van der Waals surface area contributed by atoms with E-state index in [0.29, 0.717) is 18.7 Å². The van der Waals surface area contributed by atoms with Crippen molar-refractivity contribution in [2.45, 2.75) is 31.7 Å². The summed E-state index contributed by atoms with van der Waals surface area (Å²) in [4.78, 5) is 44.1. The van der Waals surface area contributed by atoms with Crippen LogP contribution in [0.5, 0.6) is 11.5 Å². The van der Waals surface area contributed by atoms with Crippen molar-refractivity contribution >= 4 is 28.6 Å². The minimum atomic E-state index is -0.865. The predicted octanol–water partition coefficient (Wildman–Crippen LogP) is 3.43.